The Kier molecular flexibility index (Phi) is 2.54. The van der Waals surface area contributed by atoms with E-state index in [2.05, 4.69) is 0 Å². The van der Waals surface area contributed by atoms with Gasteiger partial charge in [-0.05, 0) is 17.7 Å². The largest absolute Gasteiger partial charge is 0.481 e. The average Bonchev–Trinajstić information content (AvgIpc) is 2.70. The summed E-state index contributed by atoms with van der Waals surface area (Å²) in [5.74, 6) is -0.138. The van der Waals surface area contributed by atoms with Gasteiger partial charge in [-0.2, -0.15) is 0 Å². The van der Waals surface area contributed by atoms with Crippen LogP contribution < -0.4 is 0 Å². The molecule has 0 amide bonds. The second-order valence-corrected chi connectivity index (χ2v) is 3.20. The second kappa shape index (κ2) is 4.00. The molecule has 0 aliphatic carbocycles. The molecule has 1 aromatic carbocycles. The van der Waals surface area contributed by atoms with Crippen molar-refractivity contribution in [1.82, 2.24) is 0 Å². The minimum atomic E-state index is -0.839. The van der Waals surface area contributed by atoms with Crippen molar-refractivity contribution in [2.24, 2.45) is 0 Å². The van der Waals surface area contributed by atoms with E-state index in [0.29, 0.717) is 5.76 Å². The first-order chi connectivity index (χ1) is 7.27. The van der Waals surface area contributed by atoms with E-state index in [1.165, 1.54) is 0 Å². The summed E-state index contributed by atoms with van der Waals surface area (Å²) in [7, 11) is 0. The Labute approximate surface area is 87.0 Å². The van der Waals surface area contributed by atoms with Gasteiger partial charge in [-0.3, -0.25) is 4.79 Å². The van der Waals surface area contributed by atoms with E-state index < -0.39 is 5.97 Å². The zero-order valence-corrected chi connectivity index (χ0v) is 8.01. The lowest BCUT2D eigenvalue weighted by atomic mass is 10.0. The van der Waals surface area contributed by atoms with Crippen LogP contribution in [0.5, 0.6) is 0 Å². The van der Waals surface area contributed by atoms with E-state index in [1.54, 1.807) is 18.4 Å². The Morgan fingerprint density at radius 3 is 2.67 bits per heavy atom. The molecular formula is C12H10O3. The number of carboxylic acid groups (broad SMARTS) is 1. The van der Waals surface area contributed by atoms with Crippen LogP contribution in [0.3, 0.4) is 0 Å². The fourth-order valence-electron chi connectivity index (χ4n) is 1.51. The van der Waals surface area contributed by atoms with Gasteiger partial charge in [0.15, 0.2) is 0 Å². The normalized spacial score (nSPS) is 10.1. The van der Waals surface area contributed by atoms with Crippen molar-refractivity contribution in [2.45, 2.75) is 6.42 Å². The topological polar surface area (TPSA) is 50.4 Å². The molecule has 0 aliphatic rings. The lowest BCUT2D eigenvalue weighted by Gasteiger charge is -2.03. The van der Waals surface area contributed by atoms with Gasteiger partial charge in [0, 0.05) is 5.56 Å². The first-order valence-corrected chi connectivity index (χ1v) is 4.61. The smallest absolute Gasteiger partial charge is 0.307 e. The molecule has 0 radical (unpaired) electrons. The maximum Gasteiger partial charge on any atom is 0.307 e. The van der Waals surface area contributed by atoms with Gasteiger partial charge < -0.3 is 9.52 Å². The Hall–Kier alpha value is -2.03. The lowest BCUT2D eigenvalue weighted by molar-refractivity contribution is -0.136. The van der Waals surface area contributed by atoms with Crippen molar-refractivity contribution < 1.29 is 14.3 Å². The predicted molar refractivity (Wildman–Crippen MR) is 55.5 cm³/mol. The van der Waals surface area contributed by atoms with Crippen molar-refractivity contribution in [3.05, 3.63) is 48.2 Å². The van der Waals surface area contributed by atoms with E-state index >= 15 is 0 Å². The van der Waals surface area contributed by atoms with E-state index in [0.717, 1.165) is 11.1 Å². The number of hydrogen-bond donors (Lipinski definition) is 1. The molecule has 2 aromatic rings. The molecule has 1 aromatic heterocycles. The van der Waals surface area contributed by atoms with Crippen LogP contribution in [0.1, 0.15) is 5.56 Å². The van der Waals surface area contributed by atoms with Crippen molar-refractivity contribution in [3.63, 3.8) is 0 Å². The summed E-state index contributed by atoms with van der Waals surface area (Å²) >= 11 is 0. The van der Waals surface area contributed by atoms with Gasteiger partial charge in [-0.25, -0.2) is 0 Å². The van der Waals surface area contributed by atoms with Crippen LogP contribution in [0.15, 0.2) is 47.1 Å². The van der Waals surface area contributed by atoms with Crippen LogP contribution in [0, 0.1) is 0 Å². The molecule has 3 nitrogen and oxygen atoms in total. The Balaban J connectivity index is 2.42. The minimum absolute atomic E-state index is 0.0108. The standard InChI is InChI=1S/C12H10O3/c13-12(14)8-9-4-1-2-5-10(9)11-6-3-7-15-11/h1-7H,8H2,(H,13,14). The first kappa shape index (κ1) is 9.52. The molecule has 0 bridgehead atoms. The highest BCUT2D eigenvalue weighted by molar-refractivity contribution is 5.75. The summed E-state index contributed by atoms with van der Waals surface area (Å²) < 4.78 is 5.25. The van der Waals surface area contributed by atoms with Gasteiger partial charge in [-0.15, -0.1) is 0 Å². The number of carboxylic acids is 1. The summed E-state index contributed by atoms with van der Waals surface area (Å²) in [6, 6.07) is 10.9. The van der Waals surface area contributed by atoms with Crippen LogP contribution in [-0.2, 0) is 11.2 Å². The van der Waals surface area contributed by atoms with Crippen LogP contribution in [0.4, 0.5) is 0 Å². The molecular weight excluding hydrogens is 192 g/mol. The van der Waals surface area contributed by atoms with Crippen LogP contribution in [-0.4, -0.2) is 11.1 Å². The molecule has 0 saturated carbocycles. The number of rotatable bonds is 3. The number of carbonyl (C=O) groups is 1. The van der Waals surface area contributed by atoms with E-state index in [9.17, 15) is 4.79 Å². The molecule has 0 atom stereocenters. The zero-order chi connectivity index (χ0) is 10.7. The van der Waals surface area contributed by atoms with E-state index in [-0.39, 0.29) is 6.42 Å². The SMILES string of the molecule is O=C(O)Cc1ccccc1-c1ccco1. The maximum atomic E-state index is 10.7. The third-order valence-corrected chi connectivity index (χ3v) is 2.15. The molecule has 3 heteroatoms. The van der Waals surface area contributed by atoms with Gasteiger partial charge in [-0.1, -0.05) is 24.3 Å². The van der Waals surface area contributed by atoms with Crippen LogP contribution in [0.25, 0.3) is 11.3 Å². The van der Waals surface area contributed by atoms with Crippen LogP contribution in [0.2, 0.25) is 0 Å². The Morgan fingerprint density at radius 1 is 1.20 bits per heavy atom. The Bertz CT molecular complexity index is 457. The van der Waals surface area contributed by atoms with Gasteiger partial charge in [0.2, 0.25) is 0 Å². The molecule has 2 rings (SSSR count). The summed E-state index contributed by atoms with van der Waals surface area (Å²) in [5, 5.41) is 8.76. The molecule has 0 spiro atoms. The van der Waals surface area contributed by atoms with Gasteiger partial charge in [0.1, 0.15) is 5.76 Å². The Morgan fingerprint density at radius 2 is 2.00 bits per heavy atom. The highest BCUT2D eigenvalue weighted by Gasteiger charge is 2.09. The number of aliphatic carboxylic acids is 1. The van der Waals surface area contributed by atoms with Gasteiger partial charge in [0.25, 0.3) is 0 Å². The quantitative estimate of drug-likeness (QED) is 0.832. The number of benzene rings is 1. The monoisotopic (exact) mass is 202 g/mol. The minimum Gasteiger partial charge on any atom is -0.481 e. The fraction of sp³-hybridized carbons (Fsp3) is 0.0833. The maximum absolute atomic E-state index is 10.7. The number of hydrogen-bond acceptors (Lipinski definition) is 2. The van der Waals surface area contributed by atoms with Crippen molar-refractivity contribution in [1.29, 1.82) is 0 Å². The summed E-state index contributed by atoms with van der Waals surface area (Å²) in [5.41, 5.74) is 1.60. The van der Waals surface area contributed by atoms with Crippen LogP contribution >= 0.6 is 0 Å². The summed E-state index contributed by atoms with van der Waals surface area (Å²) in [6.45, 7) is 0. The van der Waals surface area contributed by atoms with Crippen molar-refractivity contribution >= 4 is 5.97 Å². The first-order valence-electron chi connectivity index (χ1n) is 4.61. The van der Waals surface area contributed by atoms with Crippen molar-refractivity contribution in [3.8, 4) is 11.3 Å². The molecule has 1 N–H and O–H groups in total. The molecule has 0 unspecified atom stereocenters. The highest BCUT2D eigenvalue weighted by atomic mass is 16.4. The third kappa shape index (κ3) is 2.07. The predicted octanol–water partition coefficient (Wildman–Crippen LogP) is 2.57. The number of furan rings is 1. The fourth-order valence-corrected chi connectivity index (χ4v) is 1.51. The second-order valence-electron chi connectivity index (χ2n) is 3.20. The van der Waals surface area contributed by atoms with Gasteiger partial charge >= 0.3 is 5.97 Å². The zero-order valence-electron chi connectivity index (χ0n) is 8.01. The third-order valence-electron chi connectivity index (χ3n) is 2.15. The van der Waals surface area contributed by atoms with E-state index in [1.807, 2.05) is 24.3 Å². The molecule has 1 heterocycles. The average molecular weight is 202 g/mol. The van der Waals surface area contributed by atoms with Crippen molar-refractivity contribution in [2.75, 3.05) is 0 Å². The molecule has 15 heavy (non-hydrogen) atoms. The summed E-state index contributed by atoms with van der Waals surface area (Å²) in [6.07, 6.45) is 1.59. The molecule has 0 saturated heterocycles. The molecule has 76 valence electrons. The lowest BCUT2D eigenvalue weighted by Crippen LogP contribution is -2.01. The van der Waals surface area contributed by atoms with E-state index in [4.69, 9.17) is 9.52 Å². The molecule has 0 aliphatic heterocycles. The molecule has 0 fully saturated rings. The highest BCUT2D eigenvalue weighted by Crippen LogP contribution is 2.24. The summed E-state index contributed by atoms with van der Waals surface area (Å²) in [4.78, 5) is 10.7. The van der Waals surface area contributed by atoms with Gasteiger partial charge in [0.05, 0.1) is 12.7 Å².